The van der Waals surface area contributed by atoms with Crippen molar-refractivity contribution in [2.75, 3.05) is 25.7 Å². The Bertz CT molecular complexity index is 1850. The van der Waals surface area contributed by atoms with Crippen LogP contribution in [0, 0.1) is 0 Å². The van der Waals surface area contributed by atoms with E-state index in [-0.39, 0.29) is 10.8 Å². The van der Waals surface area contributed by atoms with Gasteiger partial charge in [0.25, 0.3) is 0 Å². The molecule has 2 aliphatic heterocycles. The van der Waals surface area contributed by atoms with Gasteiger partial charge < -0.3 is 14.4 Å². The molecular weight excluding hydrogens is 540 g/mol. The van der Waals surface area contributed by atoms with E-state index in [1.807, 2.05) is 0 Å². The molecule has 0 atom stereocenters. The summed E-state index contributed by atoms with van der Waals surface area (Å²) in [6.45, 7) is 17.4. The third-order valence-electron chi connectivity index (χ3n) is 9.80. The molecule has 0 N–H and O–H groups in total. The second kappa shape index (κ2) is 11.1. The van der Waals surface area contributed by atoms with Crippen LogP contribution in [0.4, 0.5) is 11.4 Å². The van der Waals surface area contributed by atoms with Gasteiger partial charge in [-0.3, -0.25) is 0 Å². The summed E-state index contributed by atoms with van der Waals surface area (Å²) in [5, 5.41) is 5.04. The second-order valence-corrected chi connectivity index (χ2v) is 13.6. The highest BCUT2D eigenvalue weighted by Gasteiger charge is 2.46. The Balaban J connectivity index is 1.46. The Morgan fingerprint density at radius 1 is 0.795 bits per heavy atom. The van der Waals surface area contributed by atoms with E-state index < -0.39 is 0 Å². The molecule has 4 heteroatoms. The van der Waals surface area contributed by atoms with E-state index >= 15 is 0 Å². The first-order valence-electron chi connectivity index (χ1n) is 16.1. The van der Waals surface area contributed by atoms with Gasteiger partial charge in [-0.15, -0.1) is 0 Å². The highest BCUT2D eigenvalue weighted by molar-refractivity contribution is 6.08. The third-order valence-corrected chi connectivity index (χ3v) is 9.80. The number of benzene rings is 4. The summed E-state index contributed by atoms with van der Waals surface area (Å²) >= 11 is 0. The maximum atomic E-state index is 5.55. The number of anilines is 1. The number of ether oxygens (including phenoxy) is 2. The van der Waals surface area contributed by atoms with Crippen molar-refractivity contribution >= 4 is 38.6 Å². The van der Waals surface area contributed by atoms with Crippen molar-refractivity contribution in [3.05, 3.63) is 95.7 Å². The first-order chi connectivity index (χ1) is 21.0. The summed E-state index contributed by atoms with van der Waals surface area (Å²) in [5.74, 6) is 1.79. The van der Waals surface area contributed by atoms with Gasteiger partial charge in [0.2, 0.25) is 5.69 Å². The van der Waals surface area contributed by atoms with Crippen LogP contribution in [0.2, 0.25) is 0 Å². The zero-order valence-electron chi connectivity index (χ0n) is 27.9. The summed E-state index contributed by atoms with van der Waals surface area (Å²) < 4.78 is 13.7. The topological polar surface area (TPSA) is 24.7 Å². The molecule has 0 saturated heterocycles. The number of hydrogen-bond acceptors (Lipinski definition) is 3. The van der Waals surface area contributed by atoms with Crippen LogP contribution in [0.3, 0.4) is 0 Å². The molecule has 0 aliphatic carbocycles. The molecule has 0 saturated carbocycles. The van der Waals surface area contributed by atoms with E-state index in [0.29, 0.717) is 6.04 Å². The van der Waals surface area contributed by atoms with E-state index in [2.05, 4.69) is 137 Å². The van der Waals surface area contributed by atoms with Gasteiger partial charge in [0.15, 0.2) is 5.71 Å². The molecule has 44 heavy (non-hydrogen) atoms. The number of fused-ring (bicyclic) bond motifs is 6. The van der Waals surface area contributed by atoms with E-state index in [1.165, 1.54) is 55.5 Å². The minimum Gasteiger partial charge on any atom is -0.497 e. The van der Waals surface area contributed by atoms with Crippen molar-refractivity contribution in [2.45, 2.75) is 78.2 Å². The highest BCUT2D eigenvalue weighted by atomic mass is 16.5. The maximum absolute atomic E-state index is 5.55. The van der Waals surface area contributed by atoms with Gasteiger partial charge in [-0.2, -0.15) is 4.58 Å². The molecule has 4 aromatic carbocycles. The van der Waals surface area contributed by atoms with E-state index in [4.69, 9.17) is 9.47 Å². The summed E-state index contributed by atoms with van der Waals surface area (Å²) in [6.07, 6.45) is 9.35. The molecule has 0 amide bonds. The molecular formula is C40H47N2O2+. The Labute approximate surface area is 263 Å². The lowest BCUT2D eigenvalue weighted by Crippen LogP contribution is -2.31. The fraction of sp³-hybridized carbons (Fsp3) is 0.375. The molecule has 228 valence electrons. The van der Waals surface area contributed by atoms with E-state index in [0.717, 1.165) is 30.9 Å². The van der Waals surface area contributed by atoms with Crippen LogP contribution in [-0.2, 0) is 10.8 Å². The number of unbranched alkanes of at least 4 members (excludes halogenated alkanes) is 1. The fourth-order valence-corrected chi connectivity index (χ4v) is 7.67. The summed E-state index contributed by atoms with van der Waals surface area (Å²) in [7, 11) is 3.47. The van der Waals surface area contributed by atoms with E-state index in [9.17, 15) is 0 Å². The molecule has 0 spiro atoms. The zero-order chi connectivity index (χ0) is 31.4. The molecule has 0 aromatic heterocycles. The molecule has 2 heterocycles. The average Bonchev–Trinajstić information content (AvgIpc) is 3.38. The van der Waals surface area contributed by atoms with Crippen molar-refractivity contribution in [3.63, 3.8) is 0 Å². The minimum absolute atomic E-state index is 0.146. The molecule has 6 rings (SSSR count). The number of allylic oxidation sites excluding steroid dienone is 4. The van der Waals surface area contributed by atoms with Crippen LogP contribution < -0.4 is 14.4 Å². The average molecular weight is 588 g/mol. The number of rotatable bonds is 8. The van der Waals surface area contributed by atoms with Crippen molar-refractivity contribution in [1.29, 1.82) is 0 Å². The predicted molar refractivity (Wildman–Crippen MR) is 187 cm³/mol. The van der Waals surface area contributed by atoms with Crippen LogP contribution in [-0.4, -0.2) is 37.1 Å². The standard InChI is InChI=1S/C40H47N2O2/c1-10-11-23-41-33-21-15-27-24-29(43-8)17-19-31(27)37(33)39(4,5)35(41)13-12-14-36-40(6,7)38-32-20-18-30(44-9)25-28(32)16-22-34(38)42(36)26(2)3/h12-22,24-26H,10-11,23H2,1-9H3/q+1. The maximum Gasteiger partial charge on any atom is 0.210 e. The van der Waals surface area contributed by atoms with Crippen LogP contribution in [0.1, 0.15) is 72.4 Å². The first-order valence-corrected chi connectivity index (χ1v) is 16.1. The Morgan fingerprint density at radius 3 is 2.00 bits per heavy atom. The third kappa shape index (κ3) is 4.62. The van der Waals surface area contributed by atoms with Gasteiger partial charge in [-0.05, 0) is 97.3 Å². The summed E-state index contributed by atoms with van der Waals surface area (Å²) in [4.78, 5) is 2.53. The zero-order valence-corrected chi connectivity index (χ0v) is 27.9. The number of methoxy groups -OCH3 is 2. The largest absolute Gasteiger partial charge is 0.497 e. The van der Waals surface area contributed by atoms with E-state index in [1.54, 1.807) is 14.2 Å². The van der Waals surface area contributed by atoms with Crippen molar-refractivity contribution in [1.82, 2.24) is 0 Å². The Kier molecular flexibility index (Phi) is 7.60. The van der Waals surface area contributed by atoms with Crippen LogP contribution in [0.25, 0.3) is 21.5 Å². The predicted octanol–water partition coefficient (Wildman–Crippen LogP) is 9.83. The molecule has 4 nitrogen and oxygen atoms in total. The van der Waals surface area contributed by atoms with Crippen LogP contribution >= 0.6 is 0 Å². The summed E-state index contributed by atoms with van der Waals surface area (Å²) in [6, 6.07) is 22.4. The molecule has 0 fully saturated rings. The van der Waals surface area contributed by atoms with Gasteiger partial charge in [0.05, 0.1) is 19.6 Å². The normalized spacial score (nSPS) is 17.9. The number of hydrogen-bond donors (Lipinski definition) is 0. The van der Waals surface area contributed by atoms with Gasteiger partial charge in [0.1, 0.15) is 18.0 Å². The second-order valence-electron chi connectivity index (χ2n) is 13.6. The van der Waals surface area contributed by atoms with Crippen molar-refractivity contribution < 1.29 is 14.0 Å². The molecule has 2 aliphatic rings. The lowest BCUT2D eigenvalue weighted by molar-refractivity contribution is -0.438. The van der Waals surface area contributed by atoms with Crippen LogP contribution in [0.5, 0.6) is 11.5 Å². The minimum atomic E-state index is -0.159. The molecule has 0 radical (unpaired) electrons. The smallest absolute Gasteiger partial charge is 0.210 e. The SMILES string of the molecule is CCCC[N+]1=C(C=CC=C2N(C(C)C)c3ccc4cc(OC)ccc4c3C2(C)C)C(C)(C)c2c1ccc1cc(OC)ccc21. The molecule has 0 bridgehead atoms. The highest BCUT2D eigenvalue weighted by Crippen LogP contribution is 2.52. The van der Waals surface area contributed by atoms with Gasteiger partial charge in [0, 0.05) is 47.0 Å². The van der Waals surface area contributed by atoms with Crippen LogP contribution in [0.15, 0.2) is 84.6 Å². The van der Waals surface area contributed by atoms with Gasteiger partial charge in [-0.1, -0.05) is 51.5 Å². The Morgan fingerprint density at radius 2 is 1.41 bits per heavy atom. The fourth-order valence-electron chi connectivity index (χ4n) is 7.67. The summed E-state index contributed by atoms with van der Waals surface area (Å²) in [5.41, 5.74) is 7.79. The lowest BCUT2D eigenvalue weighted by atomic mass is 9.78. The molecule has 4 aromatic rings. The first kappa shape index (κ1) is 30.0. The Hall–Kier alpha value is -4.05. The number of nitrogens with zero attached hydrogens (tertiary/aromatic N) is 2. The van der Waals surface area contributed by atoms with Crippen molar-refractivity contribution in [3.8, 4) is 11.5 Å². The molecule has 0 unspecified atom stereocenters. The van der Waals surface area contributed by atoms with Gasteiger partial charge in [-0.25, -0.2) is 0 Å². The van der Waals surface area contributed by atoms with Crippen molar-refractivity contribution in [2.24, 2.45) is 0 Å². The van der Waals surface area contributed by atoms with Gasteiger partial charge >= 0.3 is 0 Å². The quantitative estimate of drug-likeness (QED) is 0.192. The monoisotopic (exact) mass is 587 g/mol. The lowest BCUT2D eigenvalue weighted by Gasteiger charge is -2.30.